The van der Waals surface area contributed by atoms with Crippen LogP contribution >= 0.6 is 11.3 Å². The van der Waals surface area contributed by atoms with Crippen molar-refractivity contribution < 1.29 is 23.5 Å². The summed E-state index contributed by atoms with van der Waals surface area (Å²) in [7, 11) is 0. The number of esters is 1. The number of nitrogens with one attached hydrogen (secondary N) is 1. The van der Waals surface area contributed by atoms with Crippen LogP contribution in [0.15, 0.2) is 41.8 Å². The zero-order valence-electron chi connectivity index (χ0n) is 16.7. The molecule has 3 rings (SSSR count). The lowest BCUT2D eigenvalue weighted by Crippen LogP contribution is -2.50. The Labute approximate surface area is 178 Å². The Morgan fingerprint density at radius 2 is 1.87 bits per heavy atom. The molecule has 1 aromatic heterocycles. The van der Waals surface area contributed by atoms with Crippen LogP contribution in [0.3, 0.4) is 0 Å². The van der Waals surface area contributed by atoms with E-state index >= 15 is 0 Å². The molecule has 1 aromatic carbocycles. The van der Waals surface area contributed by atoms with Gasteiger partial charge in [0.05, 0.1) is 18.2 Å². The van der Waals surface area contributed by atoms with Gasteiger partial charge in [0, 0.05) is 38.0 Å². The highest BCUT2D eigenvalue weighted by Gasteiger charge is 2.24. The fourth-order valence-electron chi connectivity index (χ4n) is 3.32. The van der Waals surface area contributed by atoms with E-state index in [1.807, 2.05) is 22.4 Å². The van der Waals surface area contributed by atoms with E-state index in [9.17, 15) is 18.8 Å². The van der Waals surface area contributed by atoms with E-state index in [1.54, 1.807) is 23.1 Å². The summed E-state index contributed by atoms with van der Waals surface area (Å²) in [5, 5.41) is 4.59. The van der Waals surface area contributed by atoms with Crippen molar-refractivity contribution in [2.45, 2.75) is 19.4 Å². The molecule has 30 heavy (non-hydrogen) atoms. The number of amides is 2. The third-order valence-electron chi connectivity index (χ3n) is 4.82. The molecule has 9 heteroatoms. The maximum atomic E-state index is 13.9. The number of nitrogens with zero attached hydrogens (tertiary/aromatic N) is 2. The maximum Gasteiger partial charge on any atom is 0.308 e. The molecule has 1 aliphatic heterocycles. The standard InChI is InChI=1S/C21H24FN3O4S/c1-15(26)23-17(19-7-4-12-30-19)13-21(28)29-14-20(27)25-10-8-24(9-11-25)18-6-3-2-5-16(18)22/h2-7,12,17H,8-11,13-14H2,1H3,(H,23,26). The first-order chi connectivity index (χ1) is 14.4. The van der Waals surface area contributed by atoms with E-state index in [2.05, 4.69) is 5.32 Å². The molecule has 160 valence electrons. The normalized spacial score (nSPS) is 14.9. The van der Waals surface area contributed by atoms with Crippen LogP contribution < -0.4 is 10.2 Å². The van der Waals surface area contributed by atoms with Gasteiger partial charge in [0.15, 0.2) is 6.61 Å². The lowest BCUT2D eigenvalue weighted by Gasteiger charge is -2.36. The Kier molecular flexibility index (Phi) is 7.40. The minimum absolute atomic E-state index is 0.0472. The Hall–Kier alpha value is -2.94. The average molecular weight is 434 g/mol. The van der Waals surface area contributed by atoms with Crippen molar-refractivity contribution in [2.75, 3.05) is 37.7 Å². The van der Waals surface area contributed by atoms with E-state index in [0.29, 0.717) is 31.9 Å². The summed E-state index contributed by atoms with van der Waals surface area (Å²) in [5.74, 6) is -1.38. The Morgan fingerprint density at radius 3 is 2.50 bits per heavy atom. The number of para-hydroxylation sites is 1. The van der Waals surface area contributed by atoms with Gasteiger partial charge in [-0.25, -0.2) is 4.39 Å². The molecule has 0 aliphatic carbocycles. The monoisotopic (exact) mass is 433 g/mol. The van der Waals surface area contributed by atoms with Crippen LogP contribution in [-0.4, -0.2) is 55.5 Å². The highest BCUT2D eigenvalue weighted by molar-refractivity contribution is 7.10. The van der Waals surface area contributed by atoms with Crippen LogP contribution in [0, 0.1) is 5.82 Å². The molecule has 2 amide bonds. The van der Waals surface area contributed by atoms with Crippen molar-refractivity contribution in [3.05, 3.63) is 52.5 Å². The largest absolute Gasteiger partial charge is 0.455 e. The minimum atomic E-state index is -0.555. The fraction of sp³-hybridized carbons (Fsp3) is 0.381. The highest BCUT2D eigenvalue weighted by Crippen LogP contribution is 2.23. The van der Waals surface area contributed by atoms with Crippen LogP contribution in [0.1, 0.15) is 24.3 Å². The number of thiophene rings is 1. The molecule has 0 radical (unpaired) electrons. The van der Waals surface area contributed by atoms with E-state index < -0.39 is 12.0 Å². The van der Waals surface area contributed by atoms with Crippen molar-refractivity contribution in [1.29, 1.82) is 0 Å². The quantitative estimate of drug-likeness (QED) is 0.678. The molecule has 1 N–H and O–H groups in total. The Morgan fingerprint density at radius 1 is 1.13 bits per heavy atom. The first kappa shape index (κ1) is 21.8. The van der Waals surface area contributed by atoms with E-state index in [1.165, 1.54) is 24.3 Å². The number of anilines is 1. The van der Waals surface area contributed by atoms with Crippen LogP contribution in [0.5, 0.6) is 0 Å². The number of carbonyl (C=O) groups excluding carboxylic acids is 3. The summed E-state index contributed by atoms with van der Waals surface area (Å²) < 4.78 is 19.1. The summed E-state index contributed by atoms with van der Waals surface area (Å²) in [6.45, 7) is 2.89. The second-order valence-corrected chi connectivity index (χ2v) is 7.93. The van der Waals surface area contributed by atoms with Gasteiger partial charge in [-0.2, -0.15) is 0 Å². The molecule has 0 bridgehead atoms. The molecule has 2 heterocycles. The fourth-order valence-corrected chi connectivity index (χ4v) is 4.10. The molecule has 1 atom stereocenters. The van der Waals surface area contributed by atoms with Gasteiger partial charge >= 0.3 is 5.97 Å². The topological polar surface area (TPSA) is 78.9 Å². The average Bonchev–Trinajstić information content (AvgIpc) is 3.27. The second kappa shape index (κ2) is 10.2. The maximum absolute atomic E-state index is 13.9. The number of hydrogen-bond donors (Lipinski definition) is 1. The molecule has 1 fully saturated rings. The predicted molar refractivity (Wildman–Crippen MR) is 112 cm³/mol. The van der Waals surface area contributed by atoms with Gasteiger partial charge in [-0.1, -0.05) is 18.2 Å². The smallest absolute Gasteiger partial charge is 0.308 e. The zero-order valence-corrected chi connectivity index (χ0v) is 17.5. The SMILES string of the molecule is CC(=O)NC(CC(=O)OCC(=O)N1CCN(c2ccccc2F)CC1)c1cccs1. The first-order valence-electron chi connectivity index (χ1n) is 9.67. The van der Waals surface area contributed by atoms with E-state index in [-0.39, 0.29) is 30.7 Å². The summed E-state index contributed by atoms with van der Waals surface area (Å²) in [6.07, 6.45) is -0.0472. The van der Waals surface area contributed by atoms with Gasteiger partial charge in [-0.05, 0) is 23.6 Å². The van der Waals surface area contributed by atoms with Crippen molar-refractivity contribution >= 4 is 34.8 Å². The minimum Gasteiger partial charge on any atom is -0.455 e. The number of hydrogen-bond acceptors (Lipinski definition) is 6. The predicted octanol–water partition coefficient (Wildman–Crippen LogP) is 2.35. The molecule has 1 aliphatic rings. The number of benzene rings is 1. The number of ether oxygens (including phenoxy) is 1. The first-order valence-corrected chi connectivity index (χ1v) is 10.6. The summed E-state index contributed by atoms with van der Waals surface area (Å²) >= 11 is 1.43. The second-order valence-electron chi connectivity index (χ2n) is 6.95. The lowest BCUT2D eigenvalue weighted by molar-refractivity contribution is -0.152. The third kappa shape index (κ3) is 5.79. The van der Waals surface area contributed by atoms with Gasteiger partial charge in [0.2, 0.25) is 5.91 Å². The lowest BCUT2D eigenvalue weighted by atomic mass is 10.1. The summed E-state index contributed by atoms with van der Waals surface area (Å²) in [4.78, 5) is 40.3. The van der Waals surface area contributed by atoms with Gasteiger partial charge < -0.3 is 19.9 Å². The van der Waals surface area contributed by atoms with E-state index in [0.717, 1.165) is 4.88 Å². The highest BCUT2D eigenvalue weighted by atomic mass is 32.1. The van der Waals surface area contributed by atoms with Gasteiger partial charge in [0.1, 0.15) is 5.82 Å². The molecule has 7 nitrogen and oxygen atoms in total. The number of piperazine rings is 1. The van der Waals surface area contributed by atoms with Crippen LogP contribution in [0.2, 0.25) is 0 Å². The molecule has 1 unspecified atom stereocenters. The molecule has 0 saturated carbocycles. The van der Waals surface area contributed by atoms with Crippen LogP contribution in [0.25, 0.3) is 0 Å². The van der Waals surface area contributed by atoms with Crippen LogP contribution in [-0.2, 0) is 19.1 Å². The van der Waals surface area contributed by atoms with Gasteiger partial charge in [-0.15, -0.1) is 11.3 Å². The molecular formula is C21H24FN3O4S. The van der Waals surface area contributed by atoms with Crippen molar-refractivity contribution in [3.63, 3.8) is 0 Å². The van der Waals surface area contributed by atoms with E-state index in [4.69, 9.17) is 4.74 Å². The van der Waals surface area contributed by atoms with Crippen molar-refractivity contribution in [1.82, 2.24) is 10.2 Å². The molecule has 0 spiro atoms. The van der Waals surface area contributed by atoms with Gasteiger partial charge in [-0.3, -0.25) is 14.4 Å². The Bertz CT molecular complexity index is 882. The summed E-state index contributed by atoms with van der Waals surface area (Å²) in [6, 6.07) is 9.74. The molecular weight excluding hydrogens is 409 g/mol. The van der Waals surface area contributed by atoms with Crippen molar-refractivity contribution in [3.8, 4) is 0 Å². The van der Waals surface area contributed by atoms with Gasteiger partial charge in [0.25, 0.3) is 5.91 Å². The molecule has 1 saturated heterocycles. The number of carbonyl (C=O) groups is 3. The third-order valence-corrected chi connectivity index (χ3v) is 5.80. The number of rotatable bonds is 7. The zero-order chi connectivity index (χ0) is 21.5. The Balaban J connectivity index is 1.45. The summed E-state index contributed by atoms with van der Waals surface area (Å²) in [5.41, 5.74) is 0.522. The van der Waals surface area contributed by atoms with Crippen molar-refractivity contribution in [2.24, 2.45) is 0 Å². The number of halogens is 1. The van der Waals surface area contributed by atoms with Crippen LogP contribution in [0.4, 0.5) is 10.1 Å². The molecule has 2 aromatic rings.